The lowest BCUT2D eigenvalue weighted by atomic mass is 9.94. The summed E-state index contributed by atoms with van der Waals surface area (Å²) in [6.45, 7) is 10.8. The zero-order valence-electron chi connectivity index (χ0n) is 9.22. The third-order valence-electron chi connectivity index (χ3n) is 2.48. The summed E-state index contributed by atoms with van der Waals surface area (Å²) in [7, 11) is 0. The molecule has 0 spiro atoms. The van der Waals surface area contributed by atoms with Crippen LogP contribution in [0.1, 0.15) is 34.6 Å². The van der Waals surface area contributed by atoms with Gasteiger partial charge in [0.1, 0.15) is 0 Å². The summed E-state index contributed by atoms with van der Waals surface area (Å²) >= 11 is 1.96. The van der Waals surface area contributed by atoms with Gasteiger partial charge in [0.05, 0.1) is 11.9 Å². The highest BCUT2D eigenvalue weighted by Gasteiger charge is 2.39. The van der Waals surface area contributed by atoms with E-state index >= 15 is 0 Å². The van der Waals surface area contributed by atoms with Crippen LogP contribution >= 0.6 is 11.8 Å². The van der Waals surface area contributed by atoms with E-state index in [2.05, 4.69) is 39.6 Å². The molecule has 0 radical (unpaired) electrons. The Balaban J connectivity index is 2.67. The molecule has 1 aliphatic heterocycles. The Morgan fingerprint density at radius 1 is 1.46 bits per heavy atom. The molecule has 2 nitrogen and oxygen atoms in total. The average molecular weight is 200 g/mol. The number of amidine groups is 1. The van der Waals surface area contributed by atoms with Gasteiger partial charge in [-0.1, -0.05) is 20.8 Å². The number of thioether (sulfide) groups is 1. The Morgan fingerprint density at radius 3 is 2.23 bits per heavy atom. The molecule has 1 rings (SSSR count). The fourth-order valence-corrected chi connectivity index (χ4v) is 2.16. The van der Waals surface area contributed by atoms with Crippen molar-refractivity contribution in [2.24, 2.45) is 16.1 Å². The van der Waals surface area contributed by atoms with Crippen LogP contribution in [0, 0.1) is 5.41 Å². The summed E-state index contributed by atoms with van der Waals surface area (Å²) in [6.07, 6.45) is 0. The minimum absolute atomic E-state index is 0.0103. The molecule has 3 heteroatoms. The Kier molecular flexibility index (Phi) is 2.68. The van der Waals surface area contributed by atoms with Gasteiger partial charge in [0.2, 0.25) is 0 Å². The first-order valence-electron chi connectivity index (χ1n) is 4.71. The summed E-state index contributed by atoms with van der Waals surface area (Å²) in [5.41, 5.74) is 5.93. The van der Waals surface area contributed by atoms with Gasteiger partial charge in [-0.05, 0) is 13.8 Å². The molecule has 0 aliphatic carbocycles. The van der Waals surface area contributed by atoms with Crippen molar-refractivity contribution in [1.29, 1.82) is 0 Å². The molecule has 1 unspecified atom stereocenters. The molecule has 1 heterocycles. The Morgan fingerprint density at radius 2 is 2.00 bits per heavy atom. The summed E-state index contributed by atoms with van der Waals surface area (Å²) < 4.78 is 0.288. The maximum atomic E-state index is 5.92. The third kappa shape index (κ3) is 2.39. The van der Waals surface area contributed by atoms with E-state index in [9.17, 15) is 0 Å². The van der Waals surface area contributed by atoms with Crippen LogP contribution in [-0.4, -0.2) is 22.4 Å². The summed E-state index contributed by atoms with van der Waals surface area (Å²) in [5.74, 6) is 1.90. The molecule has 0 aromatic carbocycles. The van der Waals surface area contributed by atoms with Crippen LogP contribution in [0.5, 0.6) is 0 Å². The summed E-state index contributed by atoms with van der Waals surface area (Å²) in [5, 5.41) is 0. The van der Waals surface area contributed by atoms with Crippen molar-refractivity contribution >= 4 is 17.6 Å². The van der Waals surface area contributed by atoms with Crippen LogP contribution < -0.4 is 5.73 Å². The van der Waals surface area contributed by atoms with Crippen LogP contribution in [0.25, 0.3) is 0 Å². The maximum absolute atomic E-state index is 5.92. The standard InChI is InChI=1S/C10H20N2S/c1-9(2,3)8(11)12-7-6-13-10(7,4)5/h7H,6H2,1-5H3,(H2,11,12). The zero-order valence-corrected chi connectivity index (χ0v) is 10.0. The van der Waals surface area contributed by atoms with Crippen molar-refractivity contribution < 1.29 is 0 Å². The summed E-state index contributed by atoms with van der Waals surface area (Å²) in [4.78, 5) is 4.58. The molecule has 2 N–H and O–H groups in total. The van der Waals surface area contributed by atoms with E-state index in [1.54, 1.807) is 0 Å². The zero-order chi connectivity index (χ0) is 10.3. The smallest absolute Gasteiger partial charge is 0.0995 e. The van der Waals surface area contributed by atoms with Crippen LogP contribution in [0.2, 0.25) is 0 Å². The van der Waals surface area contributed by atoms with Crippen molar-refractivity contribution in [3.8, 4) is 0 Å². The molecule has 0 aromatic heterocycles. The van der Waals surface area contributed by atoms with E-state index in [0.717, 1.165) is 11.6 Å². The van der Waals surface area contributed by atoms with E-state index in [1.165, 1.54) is 0 Å². The van der Waals surface area contributed by atoms with E-state index in [-0.39, 0.29) is 10.2 Å². The molecule has 0 aromatic rings. The molecular formula is C10H20N2S. The van der Waals surface area contributed by atoms with Crippen molar-refractivity contribution in [2.75, 3.05) is 5.75 Å². The Hall–Kier alpha value is -0.180. The van der Waals surface area contributed by atoms with Gasteiger partial charge in [0.15, 0.2) is 0 Å². The normalized spacial score (nSPS) is 28.4. The lowest BCUT2D eigenvalue weighted by Crippen LogP contribution is -2.46. The number of hydrogen-bond donors (Lipinski definition) is 1. The molecule has 1 fully saturated rings. The molecular weight excluding hydrogens is 180 g/mol. The van der Waals surface area contributed by atoms with Gasteiger partial charge in [-0.3, -0.25) is 4.99 Å². The molecule has 0 saturated carbocycles. The topological polar surface area (TPSA) is 38.4 Å². The van der Waals surface area contributed by atoms with Crippen molar-refractivity contribution in [1.82, 2.24) is 0 Å². The average Bonchev–Trinajstić information content (AvgIpc) is 1.96. The predicted octanol–water partition coefficient (Wildman–Crippen LogP) is 2.28. The Bertz CT molecular complexity index is 226. The Labute approximate surface area is 85.4 Å². The van der Waals surface area contributed by atoms with Gasteiger partial charge in [0, 0.05) is 15.9 Å². The third-order valence-corrected chi connectivity index (χ3v) is 3.98. The monoisotopic (exact) mass is 200 g/mol. The van der Waals surface area contributed by atoms with Crippen LogP contribution in [0.15, 0.2) is 4.99 Å². The lowest BCUT2D eigenvalue weighted by molar-refractivity contribution is 0.522. The number of hydrogen-bond acceptors (Lipinski definition) is 2. The van der Waals surface area contributed by atoms with Gasteiger partial charge in [-0.25, -0.2) is 0 Å². The minimum atomic E-state index is 0.0103. The number of nitrogens with zero attached hydrogens (tertiary/aromatic N) is 1. The van der Waals surface area contributed by atoms with Gasteiger partial charge < -0.3 is 5.73 Å². The van der Waals surface area contributed by atoms with Gasteiger partial charge in [0.25, 0.3) is 0 Å². The fourth-order valence-electron chi connectivity index (χ4n) is 1.05. The second kappa shape index (κ2) is 3.19. The first kappa shape index (κ1) is 10.9. The number of nitrogens with two attached hydrogens (primary N) is 1. The lowest BCUT2D eigenvalue weighted by Gasteiger charge is -2.41. The first-order valence-corrected chi connectivity index (χ1v) is 5.70. The highest BCUT2D eigenvalue weighted by atomic mass is 32.2. The van der Waals surface area contributed by atoms with Crippen molar-refractivity contribution in [3.63, 3.8) is 0 Å². The molecule has 13 heavy (non-hydrogen) atoms. The predicted molar refractivity (Wildman–Crippen MR) is 61.4 cm³/mol. The van der Waals surface area contributed by atoms with Crippen molar-refractivity contribution in [2.45, 2.75) is 45.4 Å². The molecule has 1 aliphatic rings. The van der Waals surface area contributed by atoms with E-state index in [0.29, 0.717) is 6.04 Å². The number of aliphatic imine (C=N–C) groups is 1. The fraction of sp³-hybridized carbons (Fsp3) is 0.900. The first-order chi connectivity index (χ1) is 5.73. The molecule has 76 valence electrons. The van der Waals surface area contributed by atoms with E-state index in [1.807, 2.05) is 11.8 Å². The van der Waals surface area contributed by atoms with Gasteiger partial charge >= 0.3 is 0 Å². The molecule has 1 atom stereocenters. The second-order valence-corrected chi connectivity index (χ2v) is 6.87. The van der Waals surface area contributed by atoms with Gasteiger partial charge in [-0.15, -0.1) is 0 Å². The van der Waals surface area contributed by atoms with E-state index < -0.39 is 0 Å². The highest BCUT2D eigenvalue weighted by Crippen LogP contribution is 2.42. The van der Waals surface area contributed by atoms with Crippen LogP contribution in [-0.2, 0) is 0 Å². The molecule has 0 amide bonds. The molecule has 1 saturated heterocycles. The largest absolute Gasteiger partial charge is 0.387 e. The SMILES string of the molecule is CC(C)(C)C(N)=NC1CSC1(C)C. The minimum Gasteiger partial charge on any atom is -0.387 e. The maximum Gasteiger partial charge on any atom is 0.0995 e. The molecule has 0 bridgehead atoms. The van der Waals surface area contributed by atoms with E-state index in [4.69, 9.17) is 5.73 Å². The van der Waals surface area contributed by atoms with Crippen LogP contribution in [0.4, 0.5) is 0 Å². The van der Waals surface area contributed by atoms with Crippen molar-refractivity contribution in [3.05, 3.63) is 0 Å². The number of rotatable bonds is 1. The second-order valence-electron chi connectivity index (χ2n) is 5.19. The highest BCUT2D eigenvalue weighted by molar-refractivity contribution is 8.02. The quantitative estimate of drug-likeness (QED) is 0.521. The summed E-state index contributed by atoms with van der Waals surface area (Å²) in [6, 6.07) is 0.414. The van der Waals surface area contributed by atoms with Crippen LogP contribution in [0.3, 0.4) is 0 Å². The van der Waals surface area contributed by atoms with Gasteiger partial charge in [-0.2, -0.15) is 11.8 Å².